The van der Waals surface area contributed by atoms with E-state index in [0.29, 0.717) is 28.2 Å². The summed E-state index contributed by atoms with van der Waals surface area (Å²) in [4.78, 5) is 12.9. The van der Waals surface area contributed by atoms with Crippen molar-refractivity contribution in [2.45, 2.75) is 6.18 Å². The molecule has 29 heavy (non-hydrogen) atoms. The summed E-state index contributed by atoms with van der Waals surface area (Å²) in [6.45, 7) is 0. The van der Waals surface area contributed by atoms with Gasteiger partial charge in [0.25, 0.3) is 0 Å². The van der Waals surface area contributed by atoms with Crippen LogP contribution in [0.3, 0.4) is 0 Å². The van der Waals surface area contributed by atoms with Crippen LogP contribution in [0.1, 0.15) is 5.56 Å². The number of phenolic OH excluding ortho intramolecular Hbond substituents is 1. The van der Waals surface area contributed by atoms with Crippen molar-refractivity contribution in [3.63, 3.8) is 0 Å². The highest BCUT2D eigenvalue weighted by molar-refractivity contribution is 5.84. The molecular weight excluding hydrogens is 379 g/mol. The second-order valence-electron chi connectivity index (χ2n) is 6.28. The van der Waals surface area contributed by atoms with Crippen molar-refractivity contribution in [3.8, 4) is 39.5 Å². The van der Waals surface area contributed by atoms with Gasteiger partial charge in [0.2, 0.25) is 0 Å². The molecule has 0 saturated heterocycles. The molecule has 144 valence electrons. The first-order chi connectivity index (χ1) is 13.9. The third kappa shape index (κ3) is 3.80. The molecule has 2 aromatic carbocycles. The standard InChI is InChI=1S/C22H14F3N3O/c23-22(24,25)16-7-5-14(6-8-16)18-13-27-21(15-9-11-26-12-10-15)28-20(18)17-3-1-2-4-19(17)29/h1-13,29H. The van der Waals surface area contributed by atoms with Crippen molar-refractivity contribution in [2.75, 3.05) is 0 Å². The third-order valence-electron chi connectivity index (χ3n) is 4.41. The maximum absolute atomic E-state index is 12.9. The minimum Gasteiger partial charge on any atom is -0.507 e. The molecule has 1 N–H and O–H groups in total. The Labute approximate surface area is 164 Å². The van der Waals surface area contributed by atoms with E-state index in [0.717, 1.165) is 17.7 Å². The molecule has 0 fully saturated rings. The average molecular weight is 393 g/mol. The third-order valence-corrected chi connectivity index (χ3v) is 4.41. The number of benzene rings is 2. The fourth-order valence-corrected chi connectivity index (χ4v) is 2.95. The van der Waals surface area contributed by atoms with Gasteiger partial charge < -0.3 is 5.11 Å². The molecule has 7 heteroatoms. The van der Waals surface area contributed by atoms with Crippen LogP contribution in [-0.4, -0.2) is 20.1 Å². The van der Waals surface area contributed by atoms with Crippen molar-refractivity contribution in [1.82, 2.24) is 15.0 Å². The van der Waals surface area contributed by atoms with Crippen LogP contribution in [0, 0.1) is 0 Å². The van der Waals surface area contributed by atoms with E-state index < -0.39 is 11.7 Å². The van der Waals surface area contributed by atoms with E-state index in [1.54, 1.807) is 48.9 Å². The van der Waals surface area contributed by atoms with Crippen molar-refractivity contribution >= 4 is 0 Å². The van der Waals surface area contributed by atoms with E-state index in [1.165, 1.54) is 18.2 Å². The largest absolute Gasteiger partial charge is 0.507 e. The predicted molar refractivity (Wildman–Crippen MR) is 103 cm³/mol. The fraction of sp³-hybridized carbons (Fsp3) is 0.0455. The summed E-state index contributed by atoms with van der Waals surface area (Å²) < 4.78 is 38.7. The maximum atomic E-state index is 12.9. The van der Waals surface area contributed by atoms with Gasteiger partial charge >= 0.3 is 6.18 Å². The van der Waals surface area contributed by atoms with Gasteiger partial charge in [0.05, 0.1) is 11.3 Å². The first-order valence-electron chi connectivity index (χ1n) is 8.67. The first-order valence-corrected chi connectivity index (χ1v) is 8.67. The minimum atomic E-state index is -4.42. The molecular formula is C22H14F3N3O. The zero-order valence-corrected chi connectivity index (χ0v) is 14.9. The topological polar surface area (TPSA) is 58.9 Å². The van der Waals surface area contributed by atoms with Crippen LogP contribution in [0.2, 0.25) is 0 Å². The number of aromatic nitrogens is 3. The summed E-state index contributed by atoms with van der Waals surface area (Å²) in [6, 6.07) is 14.9. The van der Waals surface area contributed by atoms with Crippen LogP contribution in [0.5, 0.6) is 5.75 Å². The lowest BCUT2D eigenvalue weighted by molar-refractivity contribution is -0.137. The number of alkyl halides is 3. The number of nitrogens with zero attached hydrogens (tertiary/aromatic N) is 3. The molecule has 2 heterocycles. The summed E-state index contributed by atoms with van der Waals surface area (Å²) in [5.41, 5.74) is 1.90. The Morgan fingerprint density at radius 2 is 1.45 bits per heavy atom. The first kappa shape index (κ1) is 18.6. The summed E-state index contributed by atoms with van der Waals surface area (Å²) in [5.74, 6) is 0.432. The van der Waals surface area contributed by atoms with Crippen molar-refractivity contribution in [1.29, 1.82) is 0 Å². The smallest absolute Gasteiger partial charge is 0.416 e. The van der Waals surface area contributed by atoms with Crippen LogP contribution in [-0.2, 0) is 6.18 Å². The van der Waals surface area contributed by atoms with Gasteiger partial charge in [-0.15, -0.1) is 0 Å². The van der Waals surface area contributed by atoms with E-state index in [9.17, 15) is 18.3 Å². The van der Waals surface area contributed by atoms with Crippen LogP contribution >= 0.6 is 0 Å². The van der Waals surface area contributed by atoms with Gasteiger partial charge in [0, 0.05) is 35.3 Å². The number of pyridine rings is 1. The molecule has 0 unspecified atom stereocenters. The highest BCUT2D eigenvalue weighted by Crippen LogP contribution is 2.37. The Balaban J connectivity index is 1.89. The zero-order valence-electron chi connectivity index (χ0n) is 14.9. The van der Waals surface area contributed by atoms with E-state index >= 15 is 0 Å². The molecule has 0 bridgehead atoms. The zero-order chi connectivity index (χ0) is 20.4. The molecule has 0 spiro atoms. The summed E-state index contributed by atoms with van der Waals surface area (Å²) in [5, 5.41) is 10.3. The van der Waals surface area contributed by atoms with Gasteiger partial charge in [-0.05, 0) is 42.0 Å². The van der Waals surface area contributed by atoms with Gasteiger partial charge in [-0.2, -0.15) is 13.2 Å². The second-order valence-corrected chi connectivity index (χ2v) is 6.28. The lowest BCUT2D eigenvalue weighted by Crippen LogP contribution is -2.04. The molecule has 0 aliphatic heterocycles. The lowest BCUT2D eigenvalue weighted by atomic mass is 9.99. The summed E-state index contributed by atoms with van der Waals surface area (Å²) in [7, 11) is 0. The Bertz CT molecular complexity index is 1140. The normalized spacial score (nSPS) is 11.4. The molecule has 0 aliphatic rings. The van der Waals surface area contributed by atoms with Crippen LogP contribution in [0.25, 0.3) is 33.8 Å². The van der Waals surface area contributed by atoms with Crippen LogP contribution in [0.4, 0.5) is 13.2 Å². The Hall–Kier alpha value is -3.74. The van der Waals surface area contributed by atoms with Gasteiger partial charge in [-0.1, -0.05) is 24.3 Å². The van der Waals surface area contributed by atoms with Gasteiger partial charge in [-0.25, -0.2) is 9.97 Å². The summed E-state index contributed by atoms with van der Waals surface area (Å²) in [6.07, 6.45) is 0.359. The molecule has 0 amide bonds. The number of hydrogen-bond donors (Lipinski definition) is 1. The molecule has 4 nitrogen and oxygen atoms in total. The predicted octanol–water partition coefficient (Wildman–Crippen LogP) is 5.60. The molecule has 0 atom stereocenters. The molecule has 4 rings (SSSR count). The molecule has 0 radical (unpaired) electrons. The van der Waals surface area contributed by atoms with E-state index in [4.69, 9.17) is 0 Å². The van der Waals surface area contributed by atoms with Gasteiger partial charge in [0.15, 0.2) is 5.82 Å². The second kappa shape index (κ2) is 7.35. The van der Waals surface area contributed by atoms with Crippen molar-refractivity contribution < 1.29 is 18.3 Å². The number of hydrogen-bond acceptors (Lipinski definition) is 4. The Morgan fingerprint density at radius 3 is 2.10 bits per heavy atom. The van der Waals surface area contributed by atoms with Crippen LogP contribution in [0.15, 0.2) is 79.3 Å². The van der Waals surface area contributed by atoms with E-state index in [1.807, 2.05) is 0 Å². The number of rotatable bonds is 3. The van der Waals surface area contributed by atoms with Crippen molar-refractivity contribution in [3.05, 3.63) is 84.8 Å². The van der Waals surface area contributed by atoms with Crippen LogP contribution < -0.4 is 0 Å². The minimum absolute atomic E-state index is 0.0139. The lowest BCUT2D eigenvalue weighted by Gasteiger charge is -2.13. The molecule has 0 aliphatic carbocycles. The van der Waals surface area contributed by atoms with Gasteiger partial charge in [-0.3, -0.25) is 4.98 Å². The van der Waals surface area contributed by atoms with Gasteiger partial charge in [0.1, 0.15) is 5.75 Å². The van der Waals surface area contributed by atoms with E-state index in [-0.39, 0.29) is 5.75 Å². The number of phenols is 1. The molecule has 2 aromatic heterocycles. The quantitative estimate of drug-likeness (QED) is 0.492. The number of halogens is 3. The summed E-state index contributed by atoms with van der Waals surface area (Å²) >= 11 is 0. The number of aromatic hydroxyl groups is 1. The van der Waals surface area contributed by atoms with Crippen molar-refractivity contribution in [2.24, 2.45) is 0 Å². The Morgan fingerprint density at radius 1 is 0.759 bits per heavy atom. The van der Waals surface area contributed by atoms with E-state index in [2.05, 4.69) is 15.0 Å². The highest BCUT2D eigenvalue weighted by atomic mass is 19.4. The molecule has 0 saturated carbocycles. The maximum Gasteiger partial charge on any atom is 0.416 e. The SMILES string of the molecule is Oc1ccccc1-c1nc(-c2ccncc2)ncc1-c1ccc(C(F)(F)F)cc1. The highest BCUT2D eigenvalue weighted by Gasteiger charge is 2.30. The molecule has 4 aromatic rings. The monoisotopic (exact) mass is 393 g/mol. The number of para-hydroxylation sites is 1. The Kier molecular flexibility index (Phi) is 4.72. The average Bonchev–Trinajstić information content (AvgIpc) is 2.74. The fourth-order valence-electron chi connectivity index (χ4n) is 2.95.